The van der Waals surface area contributed by atoms with Gasteiger partial charge in [0, 0.05) is 10.4 Å². The minimum Gasteiger partial charge on any atom is -0.481 e. The maximum Gasteiger partial charge on any atom is 0.308 e. The summed E-state index contributed by atoms with van der Waals surface area (Å²) in [6.07, 6.45) is -0.200. The van der Waals surface area contributed by atoms with Gasteiger partial charge >= 0.3 is 5.97 Å². The molecule has 0 aliphatic heterocycles. The molecule has 0 spiro atoms. The number of nitrogens with two attached hydrogens (primary N) is 1. The molecule has 1 aromatic carbocycles. The molecule has 2 aromatic rings. The minimum atomic E-state index is -0.991. The molecule has 0 atom stereocenters. The Morgan fingerprint density at radius 3 is 2.89 bits per heavy atom. The fourth-order valence-corrected chi connectivity index (χ4v) is 2.46. The lowest BCUT2D eigenvalue weighted by Crippen LogP contribution is -1.99. The van der Waals surface area contributed by atoms with Crippen LogP contribution in [-0.4, -0.2) is 16.1 Å². The Labute approximate surface area is 111 Å². The van der Waals surface area contributed by atoms with Crippen LogP contribution >= 0.6 is 22.9 Å². The zero-order valence-corrected chi connectivity index (χ0v) is 10.6. The quantitative estimate of drug-likeness (QED) is 0.909. The number of aliphatic carboxylic acids is 1. The first-order chi connectivity index (χ1) is 8.47. The smallest absolute Gasteiger partial charge is 0.308 e. The van der Waals surface area contributed by atoms with Crippen LogP contribution in [0.15, 0.2) is 18.2 Å². The first kappa shape index (κ1) is 12.8. The van der Waals surface area contributed by atoms with Gasteiger partial charge < -0.3 is 10.8 Å². The van der Waals surface area contributed by atoms with Crippen LogP contribution in [0.25, 0.3) is 11.3 Å². The van der Waals surface area contributed by atoms with Gasteiger partial charge in [0.25, 0.3) is 0 Å². The van der Waals surface area contributed by atoms with Crippen LogP contribution < -0.4 is 5.73 Å². The van der Waals surface area contributed by atoms with E-state index < -0.39 is 11.8 Å². The topological polar surface area (TPSA) is 76.2 Å². The number of rotatable bonds is 3. The lowest BCUT2D eigenvalue weighted by atomic mass is 10.1. The van der Waals surface area contributed by atoms with E-state index in [4.69, 9.17) is 22.4 Å². The molecule has 1 aromatic heterocycles. The van der Waals surface area contributed by atoms with E-state index in [1.54, 1.807) is 6.07 Å². The zero-order valence-electron chi connectivity index (χ0n) is 8.98. The number of carboxylic acids is 1. The van der Waals surface area contributed by atoms with Crippen molar-refractivity contribution in [2.75, 3.05) is 5.73 Å². The third-order valence-electron chi connectivity index (χ3n) is 2.22. The zero-order chi connectivity index (χ0) is 13.3. The standard InChI is InChI=1S/C11H8ClFN2O2S/c12-6-2-1-5(3-7(6)13)10-8(4-9(16)17)18-11(14)15-10/h1-3H,4H2,(H2,14,15)(H,16,17). The fraction of sp³-hybridized carbons (Fsp3) is 0.0909. The summed E-state index contributed by atoms with van der Waals surface area (Å²) in [6, 6.07) is 4.18. The normalized spacial score (nSPS) is 10.6. The molecular formula is C11H8ClFN2O2S. The Morgan fingerprint density at radius 2 is 2.28 bits per heavy atom. The number of carbonyl (C=O) groups is 1. The maximum absolute atomic E-state index is 13.4. The largest absolute Gasteiger partial charge is 0.481 e. The number of aromatic nitrogens is 1. The molecule has 94 valence electrons. The second-order valence-corrected chi connectivity index (χ2v) is 5.05. The number of nitrogens with zero attached hydrogens (tertiary/aromatic N) is 1. The molecule has 3 N–H and O–H groups in total. The Morgan fingerprint density at radius 1 is 1.56 bits per heavy atom. The molecule has 0 fully saturated rings. The molecule has 0 saturated carbocycles. The van der Waals surface area contributed by atoms with E-state index in [0.717, 1.165) is 11.3 Å². The number of thiazole rings is 1. The Hall–Kier alpha value is -1.66. The van der Waals surface area contributed by atoms with Crippen LogP contribution in [0.3, 0.4) is 0 Å². The summed E-state index contributed by atoms with van der Waals surface area (Å²) in [5, 5.41) is 9.04. The fourth-order valence-electron chi connectivity index (χ4n) is 1.50. The summed E-state index contributed by atoms with van der Waals surface area (Å²) in [5.74, 6) is -1.57. The van der Waals surface area contributed by atoms with Gasteiger partial charge in [-0.1, -0.05) is 17.7 Å². The van der Waals surface area contributed by atoms with Crippen molar-refractivity contribution in [1.29, 1.82) is 0 Å². The van der Waals surface area contributed by atoms with Gasteiger partial charge in [-0.05, 0) is 12.1 Å². The molecular weight excluding hydrogens is 279 g/mol. The van der Waals surface area contributed by atoms with E-state index in [9.17, 15) is 9.18 Å². The van der Waals surface area contributed by atoms with Crippen molar-refractivity contribution in [3.05, 3.63) is 33.9 Å². The molecule has 18 heavy (non-hydrogen) atoms. The predicted octanol–water partition coefficient (Wildman–Crippen LogP) is 2.81. The van der Waals surface area contributed by atoms with E-state index in [1.165, 1.54) is 12.1 Å². The van der Waals surface area contributed by atoms with Gasteiger partial charge in [-0.25, -0.2) is 9.37 Å². The van der Waals surface area contributed by atoms with Crippen molar-refractivity contribution in [3.63, 3.8) is 0 Å². The third-order valence-corrected chi connectivity index (χ3v) is 3.41. The molecule has 0 aliphatic rings. The first-order valence-corrected chi connectivity index (χ1v) is 6.09. The van der Waals surface area contributed by atoms with Crippen LogP contribution in [0.4, 0.5) is 9.52 Å². The van der Waals surface area contributed by atoms with Crippen LogP contribution in [0.1, 0.15) is 4.88 Å². The highest BCUT2D eigenvalue weighted by atomic mass is 35.5. The molecule has 4 nitrogen and oxygen atoms in total. The summed E-state index contributed by atoms with van der Waals surface area (Å²) < 4.78 is 13.4. The van der Waals surface area contributed by atoms with E-state index in [-0.39, 0.29) is 16.6 Å². The van der Waals surface area contributed by atoms with Crippen LogP contribution in [0.5, 0.6) is 0 Å². The molecule has 0 unspecified atom stereocenters. The van der Waals surface area contributed by atoms with Crippen LogP contribution in [0.2, 0.25) is 5.02 Å². The second-order valence-electron chi connectivity index (χ2n) is 3.52. The molecule has 0 amide bonds. The van der Waals surface area contributed by atoms with Gasteiger partial charge in [0.1, 0.15) is 5.82 Å². The highest BCUT2D eigenvalue weighted by Gasteiger charge is 2.15. The van der Waals surface area contributed by atoms with Gasteiger partial charge in [0.2, 0.25) is 0 Å². The maximum atomic E-state index is 13.4. The molecule has 0 radical (unpaired) electrons. The van der Waals surface area contributed by atoms with Crippen molar-refractivity contribution in [2.24, 2.45) is 0 Å². The average molecular weight is 287 g/mol. The van der Waals surface area contributed by atoms with Gasteiger partial charge in [-0.3, -0.25) is 4.79 Å². The van der Waals surface area contributed by atoms with Crippen molar-refractivity contribution >= 4 is 34.0 Å². The minimum absolute atomic E-state index is 0.00161. The molecule has 7 heteroatoms. The van der Waals surface area contributed by atoms with E-state index >= 15 is 0 Å². The van der Waals surface area contributed by atoms with Crippen molar-refractivity contribution in [2.45, 2.75) is 6.42 Å². The van der Waals surface area contributed by atoms with E-state index in [2.05, 4.69) is 4.98 Å². The number of nitrogen functional groups attached to an aromatic ring is 1. The summed E-state index contributed by atoms with van der Waals surface area (Å²) in [6.45, 7) is 0. The summed E-state index contributed by atoms with van der Waals surface area (Å²) in [7, 11) is 0. The lowest BCUT2D eigenvalue weighted by Gasteiger charge is -2.01. The number of halogens is 2. The van der Waals surface area contributed by atoms with E-state index in [1.807, 2.05) is 0 Å². The van der Waals surface area contributed by atoms with Crippen LogP contribution in [-0.2, 0) is 11.2 Å². The molecule has 1 heterocycles. The van der Waals surface area contributed by atoms with Gasteiger partial charge in [-0.2, -0.15) is 0 Å². The average Bonchev–Trinajstić information content (AvgIpc) is 2.62. The predicted molar refractivity (Wildman–Crippen MR) is 68.3 cm³/mol. The molecule has 0 aliphatic carbocycles. The number of hydrogen-bond donors (Lipinski definition) is 2. The third kappa shape index (κ3) is 2.60. The SMILES string of the molecule is Nc1nc(-c2ccc(Cl)c(F)c2)c(CC(=O)O)s1. The Bertz CT molecular complexity index is 615. The van der Waals surface area contributed by atoms with Crippen molar-refractivity contribution < 1.29 is 14.3 Å². The summed E-state index contributed by atoms with van der Waals surface area (Å²) >= 11 is 6.66. The van der Waals surface area contributed by atoms with Gasteiger partial charge in [-0.15, -0.1) is 11.3 Å². The summed E-state index contributed by atoms with van der Waals surface area (Å²) in [4.78, 5) is 15.2. The van der Waals surface area contributed by atoms with Crippen LogP contribution in [0, 0.1) is 5.82 Å². The number of carboxylic acid groups (broad SMARTS) is 1. The lowest BCUT2D eigenvalue weighted by molar-refractivity contribution is -0.136. The Balaban J connectivity index is 2.49. The van der Waals surface area contributed by atoms with Gasteiger partial charge in [0.05, 0.1) is 17.1 Å². The second kappa shape index (κ2) is 4.91. The highest BCUT2D eigenvalue weighted by Crippen LogP contribution is 2.31. The number of anilines is 1. The Kier molecular flexibility index (Phi) is 3.49. The summed E-state index contributed by atoms with van der Waals surface area (Å²) in [5.41, 5.74) is 6.40. The van der Waals surface area contributed by atoms with Gasteiger partial charge in [0.15, 0.2) is 5.13 Å². The number of hydrogen-bond acceptors (Lipinski definition) is 4. The monoisotopic (exact) mass is 286 g/mol. The molecule has 0 bridgehead atoms. The van der Waals surface area contributed by atoms with Crippen molar-refractivity contribution in [3.8, 4) is 11.3 Å². The highest BCUT2D eigenvalue weighted by molar-refractivity contribution is 7.15. The molecule has 2 rings (SSSR count). The first-order valence-electron chi connectivity index (χ1n) is 4.89. The molecule has 0 saturated heterocycles. The van der Waals surface area contributed by atoms with Crippen molar-refractivity contribution in [1.82, 2.24) is 4.98 Å². The van der Waals surface area contributed by atoms with E-state index in [0.29, 0.717) is 16.1 Å². The number of benzene rings is 1.